The van der Waals surface area contributed by atoms with Crippen LogP contribution in [0.5, 0.6) is 0 Å². The highest BCUT2D eigenvalue weighted by molar-refractivity contribution is 4.86. The van der Waals surface area contributed by atoms with Crippen molar-refractivity contribution in [2.75, 3.05) is 33.7 Å². The molecule has 1 rings (SSSR count). The minimum Gasteiger partial charge on any atom is -0.329 e. The Kier molecular flexibility index (Phi) is 3.98. The second kappa shape index (κ2) is 4.80. The van der Waals surface area contributed by atoms with Crippen molar-refractivity contribution in [2.45, 2.75) is 18.9 Å². The van der Waals surface area contributed by atoms with Gasteiger partial charge in [-0.1, -0.05) is 0 Å². The summed E-state index contributed by atoms with van der Waals surface area (Å²) in [7, 11) is 4.19. The molecular formula is C9H21N3. The summed E-state index contributed by atoms with van der Waals surface area (Å²) in [5.74, 6) is 0.872. The Labute approximate surface area is 75.3 Å². The first kappa shape index (κ1) is 9.96. The van der Waals surface area contributed by atoms with Gasteiger partial charge in [0.25, 0.3) is 0 Å². The second-order valence-electron chi connectivity index (χ2n) is 3.94. The number of nitrogens with zero attached hydrogens (tertiary/aromatic N) is 1. The van der Waals surface area contributed by atoms with Crippen molar-refractivity contribution >= 4 is 0 Å². The number of rotatable bonds is 6. The minimum absolute atomic E-state index is 0.574. The van der Waals surface area contributed by atoms with E-state index in [1.54, 1.807) is 0 Å². The number of likely N-dealkylation sites (N-methyl/N-ethyl adjacent to an activating group) is 1. The summed E-state index contributed by atoms with van der Waals surface area (Å²) in [4.78, 5) is 2.19. The molecular weight excluding hydrogens is 150 g/mol. The van der Waals surface area contributed by atoms with Gasteiger partial charge in [-0.15, -0.1) is 0 Å². The molecule has 1 fully saturated rings. The first-order valence-electron chi connectivity index (χ1n) is 4.82. The third-order valence-corrected chi connectivity index (χ3v) is 2.41. The molecule has 3 heteroatoms. The fraction of sp³-hybridized carbons (Fsp3) is 1.00. The Morgan fingerprint density at radius 1 is 1.50 bits per heavy atom. The minimum atomic E-state index is 0.574. The molecule has 72 valence electrons. The van der Waals surface area contributed by atoms with E-state index >= 15 is 0 Å². The molecule has 1 aliphatic rings. The van der Waals surface area contributed by atoms with E-state index < -0.39 is 0 Å². The van der Waals surface area contributed by atoms with Crippen LogP contribution in [0.4, 0.5) is 0 Å². The summed E-state index contributed by atoms with van der Waals surface area (Å²) in [5, 5.41) is 3.50. The van der Waals surface area contributed by atoms with E-state index in [9.17, 15) is 0 Å². The predicted molar refractivity (Wildman–Crippen MR) is 52.1 cm³/mol. The van der Waals surface area contributed by atoms with Gasteiger partial charge in [0.1, 0.15) is 0 Å². The zero-order valence-electron chi connectivity index (χ0n) is 8.21. The second-order valence-corrected chi connectivity index (χ2v) is 3.94. The molecule has 0 heterocycles. The van der Waals surface area contributed by atoms with Crippen molar-refractivity contribution in [1.82, 2.24) is 10.2 Å². The van der Waals surface area contributed by atoms with Crippen molar-refractivity contribution in [3.05, 3.63) is 0 Å². The van der Waals surface area contributed by atoms with Gasteiger partial charge in [-0.25, -0.2) is 0 Å². The Morgan fingerprint density at radius 2 is 2.17 bits per heavy atom. The molecule has 0 radical (unpaired) electrons. The lowest BCUT2D eigenvalue weighted by atomic mass is 10.2. The Hall–Kier alpha value is -0.120. The normalized spacial score (nSPS) is 20.0. The molecule has 0 aromatic heterocycles. The van der Waals surface area contributed by atoms with Crippen LogP contribution in [-0.4, -0.2) is 44.7 Å². The Morgan fingerprint density at radius 3 is 2.58 bits per heavy atom. The zero-order valence-corrected chi connectivity index (χ0v) is 8.21. The maximum absolute atomic E-state index is 5.65. The van der Waals surface area contributed by atoms with Crippen LogP contribution in [0.2, 0.25) is 0 Å². The van der Waals surface area contributed by atoms with E-state index in [4.69, 9.17) is 5.73 Å². The maximum atomic E-state index is 5.65. The molecule has 0 aromatic rings. The molecule has 0 saturated heterocycles. The van der Waals surface area contributed by atoms with Crippen LogP contribution in [-0.2, 0) is 0 Å². The third kappa shape index (κ3) is 3.52. The van der Waals surface area contributed by atoms with Crippen LogP contribution in [0.25, 0.3) is 0 Å². The number of hydrogen-bond acceptors (Lipinski definition) is 3. The largest absolute Gasteiger partial charge is 0.329 e. The van der Waals surface area contributed by atoms with E-state index in [-0.39, 0.29) is 0 Å². The highest BCUT2D eigenvalue weighted by atomic mass is 15.1. The van der Waals surface area contributed by atoms with Crippen LogP contribution < -0.4 is 11.1 Å². The highest BCUT2D eigenvalue weighted by Gasteiger charge is 2.29. The standard InChI is InChI=1S/C9H21N3/c1-12(2)6-5-11-9(7-10)8-3-4-8/h8-9,11H,3-7,10H2,1-2H3. The monoisotopic (exact) mass is 171 g/mol. The first-order valence-corrected chi connectivity index (χ1v) is 4.82. The van der Waals surface area contributed by atoms with Crippen LogP contribution in [0.15, 0.2) is 0 Å². The molecule has 0 aliphatic heterocycles. The molecule has 1 unspecified atom stereocenters. The van der Waals surface area contributed by atoms with Gasteiger partial charge in [0.2, 0.25) is 0 Å². The van der Waals surface area contributed by atoms with Gasteiger partial charge in [-0.2, -0.15) is 0 Å². The third-order valence-electron chi connectivity index (χ3n) is 2.41. The number of nitrogens with one attached hydrogen (secondary N) is 1. The van der Waals surface area contributed by atoms with Crippen LogP contribution >= 0.6 is 0 Å². The quantitative estimate of drug-likeness (QED) is 0.585. The van der Waals surface area contributed by atoms with Crippen molar-refractivity contribution in [2.24, 2.45) is 11.7 Å². The highest BCUT2D eigenvalue weighted by Crippen LogP contribution is 2.31. The first-order chi connectivity index (χ1) is 5.74. The van der Waals surface area contributed by atoms with Gasteiger partial charge in [0, 0.05) is 25.7 Å². The van der Waals surface area contributed by atoms with E-state index in [2.05, 4.69) is 24.3 Å². The smallest absolute Gasteiger partial charge is 0.0219 e. The fourth-order valence-corrected chi connectivity index (χ4v) is 1.41. The SMILES string of the molecule is CN(C)CCNC(CN)C1CC1. The molecule has 3 nitrogen and oxygen atoms in total. The lowest BCUT2D eigenvalue weighted by Crippen LogP contribution is -2.41. The molecule has 1 aliphatic carbocycles. The summed E-state index contributed by atoms with van der Waals surface area (Å²) in [6.45, 7) is 2.95. The molecule has 0 aromatic carbocycles. The maximum Gasteiger partial charge on any atom is 0.0219 e. The topological polar surface area (TPSA) is 41.3 Å². The average molecular weight is 171 g/mol. The fourth-order valence-electron chi connectivity index (χ4n) is 1.41. The van der Waals surface area contributed by atoms with Gasteiger partial charge < -0.3 is 16.0 Å². The van der Waals surface area contributed by atoms with Crippen molar-refractivity contribution in [1.29, 1.82) is 0 Å². The summed E-state index contributed by atoms with van der Waals surface area (Å²) >= 11 is 0. The predicted octanol–water partition coefficient (Wildman–Crippen LogP) is -0.125. The Balaban J connectivity index is 2.02. The molecule has 1 saturated carbocycles. The van der Waals surface area contributed by atoms with Gasteiger partial charge in [-0.05, 0) is 32.9 Å². The van der Waals surface area contributed by atoms with Crippen molar-refractivity contribution in [3.63, 3.8) is 0 Å². The molecule has 3 N–H and O–H groups in total. The number of nitrogens with two attached hydrogens (primary N) is 1. The average Bonchev–Trinajstić information content (AvgIpc) is 2.80. The summed E-state index contributed by atoms with van der Waals surface area (Å²) < 4.78 is 0. The van der Waals surface area contributed by atoms with Gasteiger partial charge in [0.05, 0.1) is 0 Å². The zero-order chi connectivity index (χ0) is 8.97. The summed E-state index contributed by atoms with van der Waals surface area (Å²) in [6.07, 6.45) is 2.74. The van der Waals surface area contributed by atoms with Gasteiger partial charge >= 0.3 is 0 Å². The molecule has 0 bridgehead atoms. The van der Waals surface area contributed by atoms with E-state index in [0.29, 0.717) is 6.04 Å². The lowest BCUT2D eigenvalue weighted by molar-refractivity contribution is 0.373. The summed E-state index contributed by atoms with van der Waals surface area (Å²) in [6, 6.07) is 0.574. The van der Waals surface area contributed by atoms with Gasteiger partial charge in [-0.3, -0.25) is 0 Å². The van der Waals surface area contributed by atoms with Crippen LogP contribution in [0, 0.1) is 5.92 Å². The summed E-state index contributed by atoms with van der Waals surface area (Å²) in [5.41, 5.74) is 5.65. The van der Waals surface area contributed by atoms with Gasteiger partial charge in [0.15, 0.2) is 0 Å². The number of hydrogen-bond donors (Lipinski definition) is 2. The van der Waals surface area contributed by atoms with E-state index in [1.807, 2.05) is 0 Å². The lowest BCUT2D eigenvalue weighted by Gasteiger charge is -2.17. The molecule has 1 atom stereocenters. The van der Waals surface area contributed by atoms with Crippen LogP contribution in [0.3, 0.4) is 0 Å². The molecule has 0 amide bonds. The van der Waals surface area contributed by atoms with E-state index in [0.717, 1.165) is 25.6 Å². The Bertz CT molecular complexity index is 121. The molecule has 0 spiro atoms. The molecule has 12 heavy (non-hydrogen) atoms. The van der Waals surface area contributed by atoms with Crippen LogP contribution in [0.1, 0.15) is 12.8 Å². The van der Waals surface area contributed by atoms with E-state index in [1.165, 1.54) is 12.8 Å². The van der Waals surface area contributed by atoms with Crippen molar-refractivity contribution in [3.8, 4) is 0 Å². The van der Waals surface area contributed by atoms with Crippen molar-refractivity contribution < 1.29 is 0 Å².